The van der Waals surface area contributed by atoms with Crippen LogP contribution in [-0.4, -0.2) is 20.5 Å². The zero-order valence-corrected chi connectivity index (χ0v) is 9.63. The third-order valence-corrected chi connectivity index (χ3v) is 2.17. The van der Waals surface area contributed by atoms with Crippen molar-refractivity contribution in [2.24, 2.45) is 0 Å². The predicted octanol–water partition coefficient (Wildman–Crippen LogP) is 2.40. The number of carbonyl (C=O) groups is 1. The Balaban J connectivity index is 0.00000162. The molecule has 0 atom stereocenters. The van der Waals surface area contributed by atoms with Crippen LogP contribution in [0.1, 0.15) is 11.3 Å². The highest BCUT2D eigenvalue weighted by Crippen LogP contribution is 2.31. The minimum Gasteiger partial charge on any atom is -0.481 e. The number of rotatable bonds is 2. The van der Waals surface area contributed by atoms with Crippen LogP contribution < -0.4 is 0 Å². The Labute approximate surface area is 105 Å². The van der Waals surface area contributed by atoms with Crippen LogP contribution in [-0.2, 0) is 17.4 Å². The normalized spacial score (nSPS) is 11.3. The van der Waals surface area contributed by atoms with Gasteiger partial charge in [0.05, 0.1) is 17.7 Å². The molecule has 0 bridgehead atoms. The van der Waals surface area contributed by atoms with Gasteiger partial charge in [0.25, 0.3) is 0 Å². The molecule has 0 amide bonds. The first-order valence-electron chi connectivity index (χ1n) is 4.63. The van der Waals surface area contributed by atoms with E-state index in [2.05, 4.69) is 4.98 Å². The van der Waals surface area contributed by atoms with E-state index >= 15 is 0 Å². The molecule has 2 heterocycles. The number of imidazole rings is 1. The van der Waals surface area contributed by atoms with E-state index in [1.54, 1.807) is 0 Å². The van der Waals surface area contributed by atoms with E-state index in [0.717, 1.165) is 6.07 Å². The average Bonchev–Trinajstić information content (AvgIpc) is 2.55. The highest BCUT2D eigenvalue weighted by atomic mass is 35.5. The molecule has 18 heavy (non-hydrogen) atoms. The second kappa shape index (κ2) is 4.85. The number of alkyl halides is 3. The molecule has 0 aliphatic rings. The molecular weight excluding hydrogens is 273 g/mol. The van der Waals surface area contributed by atoms with E-state index in [-0.39, 0.29) is 23.7 Å². The standard InChI is InChI=1S/C10H7F3N2O2.ClH/c11-10(12,13)7-2-1-3-15-5-6(4-8(16)17)14-9(7)15;/h1-3,5H,4H2,(H,16,17);1H. The van der Waals surface area contributed by atoms with Gasteiger partial charge in [-0.2, -0.15) is 13.2 Å². The second-order valence-electron chi connectivity index (χ2n) is 3.45. The topological polar surface area (TPSA) is 54.6 Å². The monoisotopic (exact) mass is 280 g/mol. The number of halogens is 4. The van der Waals surface area contributed by atoms with Gasteiger partial charge in [-0.05, 0) is 12.1 Å². The molecule has 2 rings (SSSR count). The molecule has 0 aromatic carbocycles. The smallest absolute Gasteiger partial charge is 0.419 e. The maximum absolute atomic E-state index is 12.6. The molecule has 0 saturated carbocycles. The number of carboxylic acids is 1. The van der Waals surface area contributed by atoms with Gasteiger partial charge in [0, 0.05) is 12.4 Å². The summed E-state index contributed by atoms with van der Waals surface area (Å²) in [4.78, 5) is 14.1. The molecule has 1 N–H and O–H groups in total. The highest BCUT2D eigenvalue weighted by Gasteiger charge is 2.33. The first-order chi connectivity index (χ1) is 7.88. The van der Waals surface area contributed by atoms with Crippen LogP contribution >= 0.6 is 12.4 Å². The fraction of sp³-hybridized carbons (Fsp3) is 0.200. The van der Waals surface area contributed by atoms with E-state index in [9.17, 15) is 18.0 Å². The van der Waals surface area contributed by atoms with Gasteiger partial charge >= 0.3 is 12.1 Å². The van der Waals surface area contributed by atoms with E-state index in [1.165, 1.54) is 22.9 Å². The summed E-state index contributed by atoms with van der Waals surface area (Å²) in [6.45, 7) is 0. The first-order valence-corrected chi connectivity index (χ1v) is 4.63. The van der Waals surface area contributed by atoms with Crippen molar-refractivity contribution < 1.29 is 23.1 Å². The maximum atomic E-state index is 12.6. The number of nitrogens with zero attached hydrogens (tertiary/aromatic N) is 2. The zero-order chi connectivity index (χ0) is 12.6. The minimum absolute atomic E-state index is 0. The van der Waals surface area contributed by atoms with Crippen LogP contribution in [0.4, 0.5) is 13.2 Å². The Morgan fingerprint density at radius 1 is 1.44 bits per heavy atom. The molecule has 0 aliphatic heterocycles. The molecule has 0 unspecified atom stereocenters. The van der Waals surface area contributed by atoms with E-state index < -0.39 is 24.1 Å². The fourth-order valence-electron chi connectivity index (χ4n) is 1.53. The Bertz CT molecular complexity index is 580. The van der Waals surface area contributed by atoms with Gasteiger partial charge in [-0.15, -0.1) is 12.4 Å². The summed E-state index contributed by atoms with van der Waals surface area (Å²) in [6.07, 6.45) is -2.24. The first kappa shape index (κ1) is 14.3. The van der Waals surface area contributed by atoms with Crippen molar-refractivity contribution >= 4 is 24.0 Å². The molecule has 98 valence electrons. The minimum atomic E-state index is -4.51. The van der Waals surface area contributed by atoms with Crippen LogP contribution in [0.5, 0.6) is 0 Å². The van der Waals surface area contributed by atoms with E-state index in [1.807, 2.05) is 0 Å². The van der Waals surface area contributed by atoms with Crippen LogP contribution in [0.2, 0.25) is 0 Å². The summed E-state index contributed by atoms with van der Waals surface area (Å²) in [5, 5.41) is 8.55. The average molecular weight is 281 g/mol. The van der Waals surface area contributed by atoms with Gasteiger partial charge in [-0.25, -0.2) is 4.98 Å². The SMILES string of the molecule is Cl.O=C(O)Cc1cn2cccc(C(F)(F)F)c2n1. The number of hydrogen-bond acceptors (Lipinski definition) is 2. The molecule has 8 heteroatoms. The zero-order valence-electron chi connectivity index (χ0n) is 8.81. The van der Waals surface area contributed by atoms with Crippen molar-refractivity contribution in [3.05, 3.63) is 35.8 Å². The number of fused-ring (bicyclic) bond motifs is 1. The van der Waals surface area contributed by atoms with Crippen LogP contribution in [0.3, 0.4) is 0 Å². The lowest BCUT2D eigenvalue weighted by molar-refractivity contribution is -0.137. The predicted molar refractivity (Wildman–Crippen MR) is 58.8 cm³/mol. The number of aromatic nitrogens is 2. The molecule has 0 fully saturated rings. The van der Waals surface area contributed by atoms with E-state index in [0.29, 0.717) is 0 Å². The Morgan fingerprint density at radius 3 is 2.67 bits per heavy atom. The molecule has 2 aromatic heterocycles. The number of carboxylic acid groups (broad SMARTS) is 1. The molecule has 0 spiro atoms. The van der Waals surface area contributed by atoms with Crippen molar-refractivity contribution in [2.75, 3.05) is 0 Å². The third kappa shape index (κ3) is 2.73. The van der Waals surface area contributed by atoms with Crippen LogP contribution in [0.25, 0.3) is 5.65 Å². The lowest BCUT2D eigenvalue weighted by Gasteiger charge is -2.06. The Kier molecular flexibility index (Phi) is 3.85. The van der Waals surface area contributed by atoms with Gasteiger partial charge < -0.3 is 9.51 Å². The quantitative estimate of drug-likeness (QED) is 0.919. The van der Waals surface area contributed by atoms with Crippen molar-refractivity contribution in [1.82, 2.24) is 9.38 Å². The lowest BCUT2D eigenvalue weighted by atomic mass is 10.2. The summed E-state index contributed by atoms with van der Waals surface area (Å²) in [6, 6.07) is 2.15. The van der Waals surface area contributed by atoms with Gasteiger partial charge in [0.15, 0.2) is 0 Å². The lowest BCUT2D eigenvalue weighted by Crippen LogP contribution is -2.07. The number of aliphatic carboxylic acids is 1. The molecule has 0 saturated heterocycles. The Morgan fingerprint density at radius 2 is 2.11 bits per heavy atom. The van der Waals surface area contributed by atoms with Crippen molar-refractivity contribution in [1.29, 1.82) is 0 Å². The van der Waals surface area contributed by atoms with Gasteiger partial charge in [0.2, 0.25) is 0 Å². The van der Waals surface area contributed by atoms with E-state index in [4.69, 9.17) is 5.11 Å². The van der Waals surface area contributed by atoms with Crippen molar-refractivity contribution in [3.63, 3.8) is 0 Å². The molecule has 0 aliphatic carbocycles. The van der Waals surface area contributed by atoms with Gasteiger partial charge in [-0.1, -0.05) is 0 Å². The largest absolute Gasteiger partial charge is 0.481 e. The number of pyridine rings is 1. The summed E-state index contributed by atoms with van der Waals surface area (Å²) in [5.41, 5.74) is -1.07. The summed E-state index contributed by atoms with van der Waals surface area (Å²) in [7, 11) is 0. The van der Waals surface area contributed by atoms with Crippen LogP contribution in [0, 0.1) is 0 Å². The van der Waals surface area contributed by atoms with Crippen molar-refractivity contribution in [3.8, 4) is 0 Å². The molecule has 2 aromatic rings. The Hall–Kier alpha value is -1.76. The van der Waals surface area contributed by atoms with Gasteiger partial charge in [-0.3, -0.25) is 4.79 Å². The van der Waals surface area contributed by atoms with Crippen LogP contribution in [0.15, 0.2) is 24.5 Å². The molecular formula is C10H8ClF3N2O2. The fourth-order valence-corrected chi connectivity index (χ4v) is 1.53. The molecule has 0 radical (unpaired) electrons. The summed E-state index contributed by atoms with van der Waals surface area (Å²) in [5.74, 6) is -1.14. The third-order valence-electron chi connectivity index (χ3n) is 2.17. The van der Waals surface area contributed by atoms with Gasteiger partial charge in [0.1, 0.15) is 5.65 Å². The summed E-state index contributed by atoms with van der Waals surface area (Å²) < 4.78 is 39.0. The van der Waals surface area contributed by atoms with Crippen molar-refractivity contribution in [2.45, 2.75) is 12.6 Å². The summed E-state index contributed by atoms with van der Waals surface area (Å²) >= 11 is 0. The second-order valence-corrected chi connectivity index (χ2v) is 3.45. The molecule has 4 nitrogen and oxygen atoms in total. The number of hydrogen-bond donors (Lipinski definition) is 1. The maximum Gasteiger partial charge on any atom is 0.419 e. The highest BCUT2D eigenvalue weighted by molar-refractivity contribution is 5.85.